The lowest BCUT2D eigenvalue weighted by Crippen LogP contribution is -2.37. The second-order valence-electron chi connectivity index (χ2n) is 9.40. The summed E-state index contributed by atoms with van der Waals surface area (Å²) in [5, 5.41) is 24.6. The molecule has 1 aliphatic heterocycles. The van der Waals surface area contributed by atoms with Gasteiger partial charge in [0.2, 0.25) is 11.3 Å². The highest BCUT2D eigenvalue weighted by atomic mass is 32.2. The van der Waals surface area contributed by atoms with E-state index in [2.05, 4.69) is 27.9 Å². The van der Waals surface area contributed by atoms with E-state index in [1.54, 1.807) is 6.26 Å². The summed E-state index contributed by atoms with van der Waals surface area (Å²) in [4.78, 5) is 4.71. The Kier molecular flexibility index (Phi) is 7.92. The molecule has 4 rings (SSSR count). The number of anilines is 2. The van der Waals surface area contributed by atoms with Gasteiger partial charge in [0.25, 0.3) is 10.0 Å². The van der Waals surface area contributed by atoms with Crippen LogP contribution in [0.5, 0.6) is 5.75 Å². The van der Waals surface area contributed by atoms with Crippen LogP contribution >= 0.6 is 22.5 Å². The number of thiophene rings is 1. The molecule has 11 nitrogen and oxygen atoms in total. The Hall–Kier alpha value is -2.23. The minimum atomic E-state index is -4.00. The van der Waals surface area contributed by atoms with Crippen molar-refractivity contribution in [1.29, 1.82) is 0 Å². The lowest BCUT2D eigenvalue weighted by molar-refractivity contribution is 0.213. The second kappa shape index (κ2) is 10.6. The van der Waals surface area contributed by atoms with Crippen molar-refractivity contribution in [1.82, 2.24) is 13.1 Å². The predicted molar refractivity (Wildman–Crippen MR) is 136 cm³/mol. The van der Waals surface area contributed by atoms with Gasteiger partial charge in [-0.25, -0.2) is 13.4 Å². The molecule has 0 spiro atoms. The normalized spacial score (nSPS) is 19.1. The van der Waals surface area contributed by atoms with Crippen molar-refractivity contribution in [3.63, 3.8) is 0 Å². The lowest BCUT2D eigenvalue weighted by Gasteiger charge is -2.21. The van der Waals surface area contributed by atoms with Gasteiger partial charge in [0.15, 0.2) is 21.1 Å². The first-order valence-corrected chi connectivity index (χ1v) is 15.1. The predicted octanol–water partition coefficient (Wildman–Crippen LogP) is 3.81. The van der Waals surface area contributed by atoms with Crippen LogP contribution in [0.1, 0.15) is 63.8 Å². The molecule has 3 aromatic rings. The summed E-state index contributed by atoms with van der Waals surface area (Å²) >= 11 is -0.929. The summed E-state index contributed by atoms with van der Waals surface area (Å²) in [6.07, 6.45) is 2.91. The number of rotatable bonds is 9. The number of H-pyrrole nitrogens is 1. The van der Waals surface area contributed by atoms with Crippen LogP contribution in [0.15, 0.2) is 31.3 Å². The minimum absolute atomic E-state index is 0.0481. The van der Waals surface area contributed by atoms with Gasteiger partial charge in [-0.05, 0) is 36.3 Å². The van der Waals surface area contributed by atoms with Crippen LogP contribution in [0.2, 0.25) is 0 Å². The number of aromatic nitrogens is 2. The minimum Gasteiger partial charge on any atom is -0.548 e. The molecule has 0 saturated carbocycles. The number of aromatic hydroxyl groups is 1. The number of aliphatic hydroxyl groups is 1. The van der Waals surface area contributed by atoms with Gasteiger partial charge >= 0.3 is 0 Å². The van der Waals surface area contributed by atoms with Gasteiger partial charge < -0.3 is 24.5 Å². The Bertz CT molecular complexity index is 1370. The van der Waals surface area contributed by atoms with Gasteiger partial charge in [-0.1, -0.05) is 27.7 Å². The lowest BCUT2D eigenvalue weighted by atomic mass is 10.0. The van der Waals surface area contributed by atoms with Gasteiger partial charge in [0.05, 0.1) is 18.6 Å². The van der Waals surface area contributed by atoms with Gasteiger partial charge in [-0.2, -0.15) is 4.31 Å². The van der Waals surface area contributed by atoms with Crippen molar-refractivity contribution in [2.45, 2.75) is 62.7 Å². The van der Waals surface area contributed by atoms with Crippen LogP contribution in [0.4, 0.5) is 11.5 Å². The summed E-state index contributed by atoms with van der Waals surface area (Å²) < 4.78 is 52.0. The topological polar surface area (TPSA) is 167 Å². The Morgan fingerprint density at radius 1 is 1.42 bits per heavy atom. The van der Waals surface area contributed by atoms with Crippen LogP contribution < -0.4 is 10.8 Å². The second-order valence-corrected chi connectivity index (χ2v) is 13.3. The maximum atomic E-state index is 13.1. The first kappa shape index (κ1) is 26.8. The molecule has 198 valence electrons. The van der Waals surface area contributed by atoms with E-state index in [1.165, 1.54) is 9.69 Å². The molecule has 4 heterocycles. The number of hydrogen-bond acceptors (Lipinski definition) is 10. The molecule has 14 heteroatoms. The van der Waals surface area contributed by atoms with E-state index in [0.29, 0.717) is 24.5 Å². The van der Waals surface area contributed by atoms with E-state index in [9.17, 15) is 23.2 Å². The number of aromatic amines is 1. The van der Waals surface area contributed by atoms with E-state index < -0.39 is 33.0 Å². The van der Waals surface area contributed by atoms with Crippen molar-refractivity contribution in [3.8, 4) is 5.75 Å². The fourth-order valence-electron chi connectivity index (χ4n) is 4.10. The summed E-state index contributed by atoms with van der Waals surface area (Å²) in [6, 6.07) is 1.05. The van der Waals surface area contributed by atoms with E-state index >= 15 is 0 Å². The molecule has 3 aromatic heterocycles. The molecule has 4 N–H and O–H groups in total. The first-order chi connectivity index (χ1) is 17.0. The van der Waals surface area contributed by atoms with E-state index in [0.717, 1.165) is 16.9 Å². The summed E-state index contributed by atoms with van der Waals surface area (Å²) in [5.74, 6) is 0.652. The molecular formula is C22H31N5O6S3. The summed E-state index contributed by atoms with van der Waals surface area (Å²) in [6.45, 7) is 8.11. The maximum Gasteiger partial charge on any atom is 0.256 e. The average Bonchev–Trinajstić information content (AvgIpc) is 3.59. The van der Waals surface area contributed by atoms with Crippen molar-refractivity contribution in [2.75, 3.05) is 18.5 Å². The third-order valence-corrected chi connectivity index (χ3v) is 10.3. The zero-order chi connectivity index (χ0) is 26.2. The molecule has 1 fully saturated rings. The summed E-state index contributed by atoms with van der Waals surface area (Å²) in [5.41, 5.74) is 1.36. The van der Waals surface area contributed by atoms with Gasteiger partial charge in [0.1, 0.15) is 11.8 Å². The van der Waals surface area contributed by atoms with Crippen LogP contribution in [0.3, 0.4) is 0 Å². The average molecular weight is 558 g/mol. The number of sulfonamides is 1. The smallest absolute Gasteiger partial charge is 0.256 e. The van der Waals surface area contributed by atoms with Crippen molar-refractivity contribution < 1.29 is 27.6 Å². The molecule has 36 heavy (non-hydrogen) atoms. The molecular weight excluding hydrogens is 526 g/mol. The monoisotopic (exact) mass is 557 g/mol. The van der Waals surface area contributed by atoms with Crippen molar-refractivity contribution in [3.05, 3.63) is 34.5 Å². The SMILES string of the molecule is CC(C)c1coc([C@H](N=c2[nH][s+]([O-])nc2Nc2csc(S(=O)(=O)N3CCCC3CO)c2O)C(C)C)c1. The van der Waals surface area contributed by atoms with Crippen LogP contribution in [0.25, 0.3) is 0 Å². The number of hydrogen-bond donors (Lipinski definition) is 4. The molecule has 1 aliphatic rings. The zero-order valence-electron chi connectivity index (χ0n) is 20.5. The molecule has 0 aromatic carbocycles. The van der Waals surface area contributed by atoms with Crippen molar-refractivity contribution >= 4 is 44.0 Å². The van der Waals surface area contributed by atoms with E-state index in [-0.39, 0.29) is 46.3 Å². The Morgan fingerprint density at radius 3 is 2.81 bits per heavy atom. The Morgan fingerprint density at radius 2 is 2.17 bits per heavy atom. The number of nitrogens with one attached hydrogen (secondary N) is 2. The standard InChI is InChI=1S/C22H31N5O6S3/c1-12(2)14-8-17(33-10-14)18(13(3)4)24-21-20(25-35(30)26-21)23-16-11-34-22(19(16)29)36(31,32)27-7-5-6-15(27)9-28/h8,10-13,15,18,28-29H,5-7,9H2,1-4H3,(H,23,25)(H,24,26)/t15?,18-,35?/m1/s1. The molecule has 0 bridgehead atoms. The molecule has 0 amide bonds. The van der Waals surface area contributed by atoms with Crippen LogP contribution in [0, 0.1) is 5.92 Å². The number of aliphatic hydroxyl groups excluding tert-OH is 1. The molecule has 2 unspecified atom stereocenters. The number of furan rings is 1. The van der Waals surface area contributed by atoms with E-state index in [4.69, 9.17) is 9.41 Å². The largest absolute Gasteiger partial charge is 0.548 e. The van der Waals surface area contributed by atoms with Gasteiger partial charge in [0, 0.05) is 22.3 Å². The highest BCUT2D eigenvalue weighted by Gasteiger charge is 2.38. The highest BCUT2D eigenvalue weighted by molar-refractivity contribution is 7.91. The van der Waals surface area contributed by atoms with Crippen LogP contribution in [-0.4, -0.2) is 55.4 Å². The molecule has 0 aliphatic carbocycles. The molecule has 0 radical (unpaired) electrons. The van der Waals surface area contributed by atoms with Gasteiger partial charge in [-0.3, -0.25) is 0 Å². The van der Waals surface area contributed by atoms with E-state index in [1.807, 2.05) is 19.9 Å². The maximum absolute atomic E-state index is 13.1. The fourth-order valence-corrected chi connectivity index (χ4v) is 7.80. The Balaban J connectivity index is 1.66. The quantitative estimate of drug-likeness (QED) is 0.288. The fraction of sp³-hybridized carbons (Fsp3) is 0.545. The highest BCUT2D eigenvalue weighted by Crippen LogP contribution is 2.41. The Labute approximate surface area is 216 Å². The number of nitrogens with zero attached hydrogens (tertiary/aromatic N) is 3. The third-order valence-electron chi connectivity index (χ3n) is 6.14. The first-order valence-electron chi connectivity index (χ1n) is 11.7. The molecule has 1 saturated heterocycles. The van der Waals surface area contributed by atoms with Crippen molar-refractivity contribution in [2.24, 2.45) is 10.9 Å². The van der Waals surface area contributed by atoms with Crippen LogP contribution in [-0.2, 0) is 10.0 Å². The molecule has 3 atom stereocenters. The van der Waals surface area contributed by atoms with Gasteiger partial charge in [-0.15, -0.1) is 15.7 Å². The summed E-state index contributed by atoms with van der Waals surface area (Å²) in [7, 11) is -4.00. The zero-order valence-corrected chi connectivity index (χ0v) is 22.9. The third kappa shape index (κ3) is 5.24.